The van der Waals surface area contributed by atoms with Gasteiger partial charge in [0.05, 0.1) is 0 Å². The molecule has 0 unspecified atom stereocenters. The molecule has 0 spiro atoms. The van der Waals surface area contributed by atoms with Crippen molar-refractivity contribution in [1.82, 2.24) is 20.5 Å². The lowest BCUT2D eigenvalue weighted by Crippen LogP contribution is -2.34. The summed E-state index contributed by atoms with van der Waals surface area (Å²) in [5.74, 6) is 0.206. The van der Waals surface area contributed by atoms with Gasteiger partial charge in [0.15, 0.2) is 0 Å². The summed E-state index contributed by atoms with van der Waals surface area (Å²) >= 11 is 0. The Labute approximate surface area is 244 Å². The molecule has 0 saturated heterocycles. The van der Waals surface area contributed by atoms with Crippen molar-refractivity contribution in [2.24, 2.45) is 5.92 Å². The fraction of sp³-hybridized carbons (Fsp3) is 0.438. The van der Waals surface area contributed by atoms with Gasteiger partial charge < -0.3 is 25.8 Å². The number of carbonyl (C=O) groups is 3. The van der Waals surface area contributed by atoms with E-state index in [0.29, 0.717) is 23.4 Å². The SMILES string of the molecule is C=C(CNC(=O)c1cc(-c2ccc(NCCN(C)C)nc2)cc(N(CC)C(=O)C2CC2)c1C)C(=O)N/C(C)=C\CC. The summed E-state index contributed by atoms with van der Waals surface area (Å²) in [4.78, 5) is 47.6. The van der Waals surface area contributed by atoms with E-state index >= 15 is 0 Å². The number of allylic oxidation sites excluding steroid dienone is 2. The highest BCUT2D eigenvalue weighted by Gasteiger charge is 2.34. The highest BCUT2D eigenvalue weighted by atomic mass is 16.2. The average molecular weight is 561 g/mol. The minimum atomic E-state index is -0.342. The lowest BCUT2D eigenvalue weighted by molar-refractivity contribution is -0.119. The van der Waals surface area contributed by atoms with Crippen LogP contribution in [-0.4, -0.2) is 67.9 Å². The van der Waals surface area contributed by atoms with Crippen molar-refractivity contribution >= 4 is 29.2 Å². The Morgan fingerprint density at radius 1 is 1.12 bits per heavy atom. The van der Waals surface area contributed by atoms with E-state index in [1.165, 1.54) is 0 Å². The molecule has 3 rings (SSSR count). The molecule has 0 radical (unpaired) electrons. The Bertz CT molecular complexity index is 1300. The number of carbonyl (C=O) groups excluding carboxylic acids is 3. The first-order chi connectivity index (χ1) is 19.5. The van der Waals surface area contributed by atoms with Crippen LogP contribution < -0.4 is 20.9 Å². The molecule has 1 aliphatic carbocycles. The van der Waals surface area contributed by atoms with Crippen molar-refractivity contribution in [3.05, 3.63) is 65.5 Å². The number of hydrogen-bond acceptors (Lipinski definition) is 6. The summed E-state index contributed by atoms with van der Waals surface area (Å²) in [6.45, 7) is 13.6. The molecule has 9 nitrogen and oxygen atoms in total. The van der Waals surface area contributed by atoms with Crippen molar-refractivity contribution in [3.8, 4) is 11.1 Å². The fourth-order valence-electron chi connectivity index (χ4n) is 4.44. The van der Waals surface area contributed by atoms with Crippen molar-refractivity contribution in [2.45, 2.75) is 47.0 Å². The number of likely N-dealkylation sites (N-methyl/N-ethyl adjacent to an activating group) is 1. The Balaban J connectivity index is 1.89. The second-order valence-corrected chi connectivity index (χ2v) is 10.7. The van der Waals surface area contributed by atoms with E-state index in [2.05, 4.69) is 32.4 Å². The Morgan fingerprint density at radius 3 is 2.44 bits per heavy atom. The number of nitrogens with one attached hydrogen (secondary N) is 3. The van der Waals surface area contributed by atoms with Crippen molar-refractivity contribution in [3.63, 3.8) is 0 Å². The van der Waals surface area contributed by atoms with Crippen LogP contribution in [0.3, 0.4) is 0 Å². The topological polar surface area (TPSA) is 107 Å². The lowest BCUT2D eigenvalue weighted by Gasteiger charge is -2.25. The van der Waals surface area contributed by atoms with Gasteiger partial charge in [-0.3, -0.25) is 14.4 Å². The van der Waals surface area contributed by atoms with Crippen molar-refractivity contribution in [2.75, 3.05) is 50.5 Å². The first-order valence-corrected chi connectivity index (χ1v) is 14.3. The maximum absolute atomic E-state index is 13.5. The molecule has 9 heteroatoms. The highest BCUT2D eigenvalue weighted by molar-refractivity contribution is 6.03. The van der Waals surface area contributed by atoms with E-state index < -0.39 is 0 Å². The largest absolute Gasteiger partial charge is 0.369 e. The number of anilines is 2. The number of nitrogens with zero attached hydrogens (tertiary/aromatic N) is 3. The molecule has 1 aliphatic rings. The Morgan fingerprint density at radius 2 is 1.85 bits per heavy atom. The Kier molecular flexibility index (Phi) is 11.2. The number of amides is 3. The second-order valence-electron chi connectivity index (χ2n) is 10.7. The average Bonchev–Trinajstić information content (AvgIpc) is 3.79. The molecule has 0 atom stereocenters. The summed E-state index contributed by atoms with van der Waals surface area (Å²) < 4.78 is 0. The number of benzene rings is 1. The molecule has 3 N–H and O–H groups in total. The molecular formula is C32H44N6O3. The molecule has 1 aromatic heterocycles. The lowest BCUT2D eigenvalue weighted by atomic mass is 9.97. The minimum absolute atomic E-state index is 0.00353. The Hall–Kier alpha value is -3.98. The molecular weight excluding hydrogens is 516 g/mol. The summed E-state index contributed by atoms with van der Waals surface area (Å²) in [6.07, 6.45) is 6.27. The predicted molar refractivity (Wildman–Crippen MR) is 166 cm³/mol. The van der Waals surface area contributed by atoms with Gasteiger partial charge in [-0.05, 0) is 89.5 Å². The maximum Gasteiger partial charge on any atom is 0.252 e. The number of pyridine rings is 1. The van der Waals surface area contributed by atoms with Gasteiger partial charge in [0.1, 0.15) is 5.82 Å². The smallest absolute Gasteiger partial charge is 0.252 e. The van der Waals surface area contributed by atoms with Crippen LogP contribution in [-0.2, 0) is 9.59 Å². The molecule has 3 amide bonds. The molecule has 0 aliphatic heterocycles. The summed E-state index contributed by atoms with van der Waals surface area (Å²) in [7, 11) is 4.04. The minimum Gasteiger partial charge on any atom is -0.369 e. The summed E-state index contributed by atoms with van der Waals surface area (Å²) in [5, 5.41) is 8.93. The van der Waals surface area contributed by atoms with Crippen molar-refractivity contribution < 1.29 is 14.4 Å². The highest BCUT2D eigenvalue weighted by Crippen LogP contribution is 2.36. The van der Waals surface area contributed by atoms with Gasteiger partial charge >= 0.3 is 0 Å². The zero-order chi connectivity index (χ0) is 30.1. The van der Waals surface area contributed by atoms with Gasteiger partial charge in [0.25, 0.3) is 11.8 Å². The monoisotopic (exact) mass is 560 g/mol. The van der Waals surface area contributed by atoms with Gasteiger partial charge in [-0.1, -0.05) is 19.6 Å². The zero-order valence-corrected chi connectivity index (χ0v) is 25.3. The fourth-order valence-corrected chi connectivity index (χ4v) is 4.44. The standard InChI is InChI=1S/C32H44N6O3/c1-8-10-22(4)36-30(39)21(3)19-35-31(40)27-17-26(25-13-14-29(34-20-25)33-15-16-37(6)7)18-28(23(27)5)38(9-2)32(41)24-11-12-24/h10,13-14,17-18,20,24H,3,8-9,11-12,15-16,19H2,1-2,4-7H3,(H,33,34)(H,35,40)(H,36,39)/b22-10-. The normalized spacial score (nSPS) is 13.1. The first-order valence-electron chi connectivity index (χ1n) is 14.3. The molecule has 1 fully saturated rings. The number of hydrogen-bond donors (Lipinski definition) is 3. The van der Waals surface area contributed by atoms with Crippen LogP contribution in [0.15, 0.2) is 54.4 Å². The third kappa shape index (κ3) is 8.75. The molecule has 41 heavy (non-hydrogen) atoms. The van der Waals surface area contributed by atoms with Gasteiger partial charge in [-0.15, -0.1) is 0 Å². The van der Waals surface area contributed by atoms with E-state index in [4.69, 9.17) is 0 Å². The summed E-state index contributed by atoms with van der Waals surface area (Å²) in [5.41, 5.74) is 4.44. The van der Waals surface area contributed by atoms with Crippen LogP contribution >= 0.6 is 0 Å². The molecule has 2 aromatic rings. The second kappa shape index (κ2) is 14.6. The summed E-state index contributed by atoms with van der Waals surface area (Å²) in [6, 6.07) is 7.64. The van der Waals surface area contributed by atoms with Gasteiger partial charge in [-0.25, -0.2) is 4.98 Å². The van der Waals surface area contributed by atoms with E-state index in [1.807, 2.05) is 72.1 Å². The third-order valence-corrected chi connectivity index (χ3v) is 6.99. The number of rotatable bonds is 14. The molecule has 1 aromatic carbocycles. The molecule has 1 saturated carbocycles. The van der Waals surface area contributed by atoms with E-state index in [1.54, 1.807) is 11.1 Å². The van der Waals surface area contributed by atoms with Crippen LogP contribution in [0.5, 0.6) is 0 Å². The van der Waals surface area contributed by atoms with Gasteiger partial charge in [0, 0.05) is 66.4 Å². The van der Waals surface area contributed by atoms with Gasteiger partial charge in [-0.2, -0.15) is 0 Å². The van der Waals surface area contributed by atoms with Crippen LogP contribution in [0.2, 0.25) is 0 Å². The number of aromatic nitrogens is 1. The van der Waals surface area contributed by atoms with Crippen LogP contribution in [0.25, 0.3) is 11.1 Å². The molecule has 220 valence electrons. The first kappa shape index (κ1) is 31.5. The van der Waals surface area contributed by atoms with Crippen molar-refractivity contribution in [1.29, 1.82) is 0 Å². The predicted octanol–water partition coefficient (Wildman–Crippen LogP) is 4.51. The maximum atomic E-state index is 13.5. The van der Waals surface area contributed by atoms with Crippen LogP contribution in [0, 0.1) is 12.8 Å². The molecule has 0 bridgehead atoms. The van der Waals surface area contributed by atoms with Gasteiger partial charge in [0.2, 0.25) is 5.91 Å². The van der Waals surface area contributed by atoms with E-state index in [0.717, 1.165) is 55.0 Å². The van der Waals surface area contributed by atoms with Crippen LogP contribution in [0.4, 0.5) is 11.5 Å². The molecule has 1 heterocycles. The quantitative estimate of drug-likeness (QED) is 0.294. The third-order valence-electron chi connectivity index (χ3n) is 6.99. The zero-order valence-electron chi connectivity index (χ0n) is 25.3. The van der Waals surface area contributed by atoms with Crippen LogP contribution in [0.1, 0.15) is 56.0 Å². The van der Waals surface area contributed by atoms with E-state index in [9.17, 15) is 14.4 Å². The van der Waals surface area contributed by atoms with E-state index in [-0.39, 0.29) is 35.8 Å².